The molecule has 0 saturated carbocycles. The Morgan fingerprint density at radius 3 is 2.56 bits per heavy atom. The summed E-state index contributed by atoms with van der Waals surface area (Å²) in [6.45, 7) is 2.09. The van der Waals surface area contributed by atoms with Crippen LogP contribution in [-0.4, -0.2) is 24.1 Å². The summed E-state index contributed by atoms with van der Waals surface area (Å²) in [5.41, 5.74) is 6.77. The molecule has 5 nitrogen and oxygen atoms in total. The number of hydrogen-bond acceptors (Lipinski definition) is 4. The minimum absolute atomic E-state index is 0.0565. The maximum atomic E-state index is 12.2. The molecule has 7 heteroatoms. The molecular weight excluding hydrogens is 358 g/mol. The topological polar surface area (TPSA) is 84.2 Å². The molecule has 25 heavy (non-hydrogen) atoms. The van der Waals surface area contributed by atoms with Gasteiger partial charge >= 0.3 is 0 Å². The lowest BCUT2D eigenvalue weighted by Crippen LogP contribution is -2.30. The number of hydrogen-bond donors (Lipinski definition) is 3. The fourth-order valence-corrected chi connectivity index (χ4v) is 3.27. The van der Waals surface area contributed by atoms with E-state index in [0.29, 0.717) is 10.7 Å². The lowest BCUT2D eigenvalue weighted by Gasteiger charge is -2.16. The second kappa shape index (κ2) is 9.46. The van der Waals surface area contributed by atoms with Crippen molar-refractivity contribution in [1.29, 1.82) is 0 Å². The van der Waals surface area contributed by atoms with Crippen molar-refractivity contribution < 1.29 is 9.59 Å². The number of para-hydroxylation sites is 1. The van der Waals surface area contributed by atoms with Gasteiger partial charge in [-0.15, -0.1) is 11.8 Å². The fraction of sp³-hybridized carbons (Fsp3) is 0.222. The average molecular weight is 378 g/mol. The predicted molar refractivity (Wildman–Crippen MR) is 103 cm³/mol. The highest BCUT2D eigenvalue weighted by atomic mass is 35.5. The fourth-order valence-electron chi connectivity index (χ4n) is 2.22. The second-order valence-corrected chi connectivity index (χ2v) is 6.85. The van der Waals surface area contributed by atoms with Gasteiger partial charge in [-0.05, 0) is 30.7 Å². The minimum Gasteiger partial charge on any atom is -0.369 e. The van der Waals surface area contributed by atoms with E-state index in [0.717, 1.165) is 10.5 Å². The highest BCUT2D eigenvalue weighted by Crippen LogP contribution is 2.26. The van der Waals surface area contributed by atoms with Gasteiger partial charge in [-0.25, -0.2) is 0 Å². The van der Waals surface area contributed by atoms with Crippen molar-refractivity contribution in [1.82, 2.24) is 5.32 Å². The van der Waals surface area contributed by atoms with Crippen molar-refractivity contribution in [2.24, 2.45) is 5.73 Å². The summed E-state index contributed by atoms with van der Waals surface area (Å²) < 4.78 is 0. The molecule has 0 aliphatic heterocycles. The summed E-state index contributed by atoms with van der Waals surface area (Å²) in [4.78, 5) is 24.0. The van der Waals surface area contributed by atoms with Crippen molar-refractivity contribution in [3.8, 4) is 0 Å². The third kappa shape index (κ3) is 6.08. The van der Waals surface area contributed by atoms with Crippen LogP contribution < -0.4 is 16.4 Å². The van der Waals surface area contributed by atoms with E-state index >= 15 is 0 Å². The van der Waals surface area contributed by atoms with Gasteiger partial charge in [0.25, 0.3) is 0 Å². The average Bonchev–Trinajstić information content (AvgIpc) is 2.59. The number of carbonyl (C=O) groups is 2. The van der Waals surface area contributed by atoms with Crippen LogP contribution in [0.5, 0.6) is 0 Å². The first-order valence-corrected chi connectivity index (χ1v) is 9.11. The molecule has 0 saturated heterocycles. The molecule has 2 rings (SSSR count). The standard InChI is InChI=1S/C18H20ClN3O2S/c1-12(13-6-2-3-7-14(13)19)21-10-18(24)22-15-8-4-5-9-16(15)25-11-17(20)23/h2-9,12,21H,10-11H2,1H3,(H2,20,23)(H,22,24)/t12-/m1/s1. The largest absolute Gasteiger partial charge is 0.369 e. The normalized spacial score (nSPS) is 11.8. The van der Waals surface area contributed by atoms with Gasteiger partial charge in [0.2, 0.25) is 11.8 Å². The molecule has 1 atom stereocenters. The lowest BCUT2D eigenvalue weighted by atomic mass is 10.1. The van der Waals surface area contributed by atoms with E-state index in [1.807, 2.05) is 49.4 Å². The first-order valence-electron chi connectivity index (χ1n) is 7.75. The molecule has 4 N–H and O–H groups in total. The Labute approximate surface area is 156 Å². The van der Waals surface area contributed by atoms with Gasteiger partial charge in [-0.1, -0.05) is 41.9 Å². The first kappa shape index (κ1) is 19.3. The summed E-state index contributed by atoms with van der Waals surface area (Å²) in [5, 5.41) is 6.66. The zero-order chi connectivity index (χ0) is 18.2. The molecule has 0 heterocycles. The molecule has 0 unspecified atom stereocenters. The van der Waals surface area contributed by atoms with Crippen molar-refractivity contribution in [3.63, 3.8) is 0 Å². The number of benzene rings is 2. The van der Waals surface area contributed by atoms with E-state index in [-0.39, 0.29) is 24.2 Å². The minimum atomic E-state index is -0.402. The Hall–Kier alpha value is -2.02. The van der Waals surface area contributed by atoms with Crippen LogP contribution in [0.15, 0.2) is 53.4 Å². The molecule has 0 bridgehead atoms. The first-order chi connectivity index (χ1) is 12.0. The molecule has 2 aromatic rings. The number of primary amides is 1. The SMILES string of the molecule is C[C@@H](NCC(=O)Nc1ccccc1SCC(N)=O)c1ccccc1Cl. The van der Waals surface area contributed by atoms with Crippen LogP contribution in [0.4, 0.5) is 5.69 Å². The van der Waals surface area contributed by atoms with E-state index in [1.54, 1.807) is 6.07 Å². The molecule has 2 amide bonds. The van der Waals surface area contributed by atoms with Crippen LogP contribution in [0.1, 0.15) is 18.5 Å². The summed E-state index contributed by atoms with van der Waals surface area (Å²) in [6.07, 6.45) is 0. The van der Waals surface area contributed by atoms with Crippen LogP contribution in [0.3, 0.4) is 0 Å². The Morgan fingerprint density at radius 2 is 1.84 bits per heavy atom. The van der Waals surface area contributed by atoms with Crippen LogP contribution in [0, 0.1) is 0 Å². The van der Waals surface area contributed by atoms with Gasteiger partial charge in [0, 0.05) is 16.0 Å². The Bertz CT molecular complexity index is 755. The smallest absolute Gasteiger partial charge is 0.238 e. The van der Waals surface area contributed by atoms with Crippen LogP contribution in [-0.2, 0) is 9.59 Å². The molecule has 2 aromatic carbocycles. The molecular formula is C18H20ClN3O2S. The monoisotopic (exact) mass is 377 g/mol. The molecule has 0 fully saturated rings. The number of thioether (sulfide) groups is 1. The highest BCUT2D eigenvalue weighted by molar-refractivity contribution is 8.00. The van der Waals surface area contributed by atoms with Gasteiger partial charge in [0.05, 0.1) is 18.0 Å². The molecule has 132 valence electrons. The Balaban J connectivity index is 1.92. The van der Waals surface area contributed by atoms with E-state index < -0.39 is 5.91 Å². The van der Waals surface area contributed by atoms with Gasteiger partial charge in [0.1, 0.15) is 0 Å². The number of halogens is 1. The maximum absolute atomic E-state index is 12.2. The molecule has 0 radical (unpaired) electrons. The number of nitrogens with one attached hydrogen (secondary N) is 2. The van der Waals surface area contributed by atoms with E-state index in [1.165, 1.54) is 11.8 Å². The number of anilines is 1. The lowest BCUT2D eigenvalue weighted by molar-refractivity contribution is -0.116. The Morgan fingerprint density at radius 1 is 1.16 bits per heavy atom. The van der Waals surface area contributed by atoms with Crippen molar-refractivity contribution in [2.45, 2.75) is 17.9 Å². The summed E-state index contributed by atoms with van der Waals surface area (Å²) in [6, 6.07) is 14.8. The molecule has 0 aromatic heterocycles. The second-order valence-electron chi connectivity index (χ2n) is 5.42. The van der Waals surface area contributed by atoms with Gasteiger partial charge in [-0.3, -0.25) is 9.59 Å². The number of amides is 2. The zero-order valence-electron chi connectivity index (χ0n) is 13.8. The van der Waals surface area contributed by atoms with Crippen LogP contribution >= 0.6 is 23.4 Å². The third-order valence-corrected chi connectivity index (χ3v) is 4.91. The molecule has 0 aliphatic rings. The van der Waals surface area contributed by atoms with Crippen molar-refractivity contribution in [3.05, 3.63) is 59.1 Å². The molecule has 0 spiro atoms. The quantitative estimate of drug-likeness (QED) is 0.617. The van der Waals surface area contributed by atoms with Crippen LogP contribution in [0.25, 0.3) is 0 Å². The number of nitrogens with two attached hydrogens (primary N) is 1. The van der Waals surface area contributed by atoms with Gasteiger partial charge < -0.3 is 16.4 Å². The Kier molecular flexibility index (Phi) is 7.31. The van der Waals surface area contributed by atoms with E-state index in [9.17, 15) is 9.59 Å². The highest BCUT2D eigenvalue weighted by Gasteiger charge is 2.12. The maximum Gasteiger partial charge on any atom is 0.238 e. The van der Waals surface area contributed by atoms with Gasteiger partial charge in [-0.2, -0.15) is 0 Å². The summed E-state index contributed by atoms with van der Waals surface area (Å²) in [7, 11) is 0. The van der Waals surface area contributed by atoms with Crippen LogP contribution in [0.2, 0.25) is 5.02 Å². The third-order valence-electron chi connectivity index (χ3n) is 3.47. The van der Waals surface area contributed by atoms with Crippen molar-refractivity contribution in [2.75, 3.05) is 17.6 Å². The molecule has 0 aliphatic carbocycles. The van der Waals surface area contributed by atoms with E-state index in [4.69, 9.17) is 17.3 Å². The van der Waals surface area contributed by atoms with Crippen molar-refractivity contribution >= 4 is 40.9 Å². The predicted octanol–water partition coefficient (Wildman–Crippen LogP) is 3.21. The number of carbonyl (C=O) groups excluding carboxylic acids is 2. The summed E-state index contributed by atoms with van der Waals surface area (Å²) >= 11 is 7.46. The summed E-state index contributed by atoms with van der Waals surface area (Å²) in [5.74, 6) is -0.415. The van der Waals surface area contributed by atoms with E-state index in [2.05, 4.69) is 10.6 Å². The van der Waals surface area contributed by atoms with Gasteiger partial charge in [0.15, 0.2) is 0 Å². The zero-order valence-corrected chi connectivity index (χ0v) is 15.4. The number of rotatable bonds is 8.